The zero-order valence-electron chi connectivity index (χ0n) is 25.0. The van der Waals surface area contributed by atoms with Crippen LogP contribution in [0.2, 0.25) is 0 Å². The van der Waals surface area contributed by atoms with Gasteiger partial charge in [0, 0.05) is 77.4 Å². The minimum Gasteiger partial charge on any atom is -0.465 e. The van der Waals surface area contributed by atoms with E-state index in [9.17, 15) is 24.9 Å². The van der Waals surface area contributed by atoms with Crippen molar-refractivity contribution in [3.8, 4) is 0 Å². The Morgan fingerprint density at radius 1 is 1.02 bits per heavy atom. The van der Waals surface area contributed by atoms with E-state index < -0.39 is 12.3 Å². The Bertz CT molecular complexity index is 1210. The molecule has 1 aromatic carbocycles. The van der Waals surface area contributed by atoms with Crippen molar-refractivity contribution in [3.05, 3.63) is 35.9 Å². The molecule has 12 heteroatoms. The van der Waals surface area contributed by atoms with Crippen LogP contribution < -0.4 is 15.5 Å². The van der Waals surface area contributed by atoms with Crippen LogP contribution in [0.3, 0.4) is 0 Å². The maximum atomic E-state index is 13.5. The van der Waals surface area contributed by atoms with Crippen LogP contribution in [0, 0.1) is 11.8 Å². The summed E-state index contributed by atoms with van der Waals surface area (Å²) < 4.78 is 0. The summed E-state index contributed by atoms with van der Waals surface area (Å²) in [6.45, 7) is 8.25. The first kappa shape index (κ1) is 31.4. The minimum atomic E-state index is -0.987. The molecular formula is C31H47N7O5. The molecule has 0 bridgehead atoms. The number of pyridine rings is 1. The van der Waals surface area contributed by atoms with Gasteiger partial charge in [-0.25, -0.2) is 9.78 Å². The maximum Gasteiger partial charge on any atom is 0.407 e. The molecule has 3 heterocycles. The van der Waals surface area contributed by atoms with Crippen LogP contribution in [-0.2, 0) is 0 Å². The summed E-state index contributed by atoms with van der Waals surface area (Å²) in [5.74, 6) is 1.30. The van der Waals surface area contributed by atoms with Gasteiger partial charge in [-0.2, -0.15) is 0 Å². The first-order valence-corrected chi connectivity index (χ1v) is 15.8. The van der Waals surface area contributed by atoms with Crippen LogP contribution in [0.4, 0.5) is 10.6 Å². The zero-order valence-corrected chi connectivity index (χ0v) is 25.0. The molecule has 0 radical (unpaired) electrons. The Morgan fingerprint density at radius 2 is 1.72 bits per heavy atom. The van der Waals surface area contributed by atoms with Gasteiger partial charge in [0.25, 0.3) is 5.91 Å². The molecule has 5 N–H and O–H groups in total. The number of rotatable bonds is 11. The third-order valence-corrected chi connectivity index (χ3v) is 9.28. The molecule has 1 aromatic heterocycles. The van der Waals surface area contributed by atoms with Gasteiger partial charge < -0.3 is 35.8 Å². The summed E-state index contributed by atoms with van der Waals surface area (Å²) in [7, 11) is 0. The van der Waals surface area contributed by atoms with Crippen molar-refractivity contribution in [1.29, 1.82) is 0 Å². The number of hydrogen-bond donors (Lipinski definition) is 5. The van der Waals surface area contributed by atoms with Crippen LogP contribution in [-0.4, -0.2) is 138 Å². The summed E-state index contributed by atoms with van der Waals surface area (Å²) in [5.41, 5.74) is 1.43. The Hall–Kier alpha value is -3.03. The molecule has 3 aliphatic rings. The van der Waals surface area contributed by atoms with Crippen LogP contribution >= 0.6 is 0 Å². The number of carboxylic acid groups (broad SMARTS) is 1. The number of aliphatic hydroxyl groups excluding tert-OH is 2. The fourth-order valence-electron chi connectivity index (χ4n) is 6.64. The number of amides is 2. The highest BCUT2D eigenvalue weighted by molar-refractivity contribution is 6.07. The van der Waals surface area contributed by atoms with E-state index in [-0.39, 0.29) is 25.0 Å². The van der Waals surface area contributed by atoms with Gasteiger partial charge in [0.05, 0.1) is 24.2 Å². The molecule has 1 saturated carbocycles. The maximum absolute atomic E-state index is 13.5. The zero-order chi connectivity index (χ0) is 30.2. The van der Waals surface area contributed by atoms with E-state index in [1.54, 1.807) is 0 Å². The lowest BCUT2D eigenvalue weighted by atomic mass is 9.81. The number of benzene rings is 1. The average molecular weight is 598 g/mol. The summed E-state index contributed by atoms with van der Waals surface area (Å²) >= 11 is 0. The summed E-state index contributed by atoms with van der Waals surface area (Å²) in [6.07, 6.45) is 1.89. The van der Waals surface area contributed by atoms with Crippen molar-refractivity contribution < 1.29 is 24.9 Å². The van der Waals surface area contributed by atoms with Crippen molar-refractivity contribution in [2.24, 2.45) is 11.8 Å². The standard InChI is InChI=1S/C31H47N7O5/c39-18-17-35-13-15-36(16-14-35)28-19-26(25-3-1-2-4-27(25)34-28)30(41)33-20-23-5-7-24(8-6-23)21-38(31(42)43)22-29(40)37-11-9-32-10-12-37/h1-4,19,23-24,29,32,39-40H,5-18,20-22H2,(H,33,41)(H,42,43). The van der Waals surface area contributed by atoms with E-state index in [2.05, 4.69) is 20.4 Å². The van der Waals surface area contributed by atoms with E-state index >= 15 is 0 Å². The Balaban J connectivity index is 1.13. The van der Waals surface area contributed by atoms with Crippen LogP contribution in [0.5, 0.6) is 0 Å². The number of para-hydroxylation sites is 1. The SMILES string of the molecule is O=C(NCC1CCC(CN(CC(O)N2CCNCC2)C(=O)O)CC1)c1cc(N2CCN(CCO)CC2)nc2ccccc12. The van der Waals surface area contributed by atoms with Crippen LogP contribution in [0.25, 0.3) is 10.9 Å². The fourth-order valence-corrected chi connectivity index (χ4v) is 6.64. The van der Waals surface area contributed by atoms with Gasteiger partial charge in [-0.15, -0.1) is 0 Å². The number of β-amino-alcohol motifs (C(OH)–C–C–N with tert-alkyl or cyclic N) is 1. The molecule has 2 aliphatic heterocycles. The number of hydrogen-bond acceptors (Lipinski definition) is 9. The van der Waals surface area contributed by atoms with Gasteiger partial charge >= 0.3 is 6.09 Å². The second-order valence-corrected chi connectivity index (χ2v) is 12.1. The predicted octanol–water partition coefficient (Wildman–Crippen LogP) is 1.09. The molecule has 2 saturated heterocycles. The molecule has 0 spiro atoms. The van der Waals surface area contributed by atoms with E-state index in [0.29, 0.717) is 44.2 Å². The fraction of sp³-hybridized carbons (Fsp3) is 0.645. The second-order valence-electron chi connectivity index (χ2n) is 12.1. The highest BCUT2D eigenvalue weighted by atomic mass is 16.4. The molecule has 43 heavy (non-hydrogen) atoms. The van der Waals surface area contributed by atoms with Gasteiger partial charge in [-0.1, -0.05) is 18.2 Å². The first-order valence-electron chi connectivity index (χ1n) is 15.8. The van der Waals surface area contributed by atoms with Crippen molar-refractivity contribution in [1.82, 2.24) is 30.3 Å². The summed E-state index contributed by atoms with van der Waals surface area (Å²) in [4.78, 5) is 38.0. The van der Waals surface area contributed by atoms with Gasteiger partial charge in [-0.3, -0.25) is 14.6 Å². The van der Waals surface area contributed by atoms with E-state index in [1.807, 2.05) is 35.2 Å². The summed E-state index contributed by atoms with van der Waals surface area (Å²) in [5, 5.41) is 36.9. The van der Waals surface area contributed by atoms with Gasteiger partial charge in [0.1, 0.15) is 12.0 Å². The van der Waals surface area contributed by atoms with Crippen molar-refractivity contribution in [3.63, 3.8) is 0 Å². The number of aromatic nitrogens is 1. The molecule has 1 atom stereocenters. The number of nitrogens with zero attached hydrogens (tertiary/aromatic N) is 5. The average Bonchev–Trinajstić information content (AvgIpc) is 3.04. The predicted molar refractivity (Wildman–Crippen MR) is 165 cm³/mol. The number of piperazine rings is 2. The molecule has 2 amide bonds. The largest absolute Gasteiger partial charge is 0.465 e. The Kier molecular flexibility index (Phi) is 11.0. The molecule has 236 valence electrons. The second kappa shape index (κ2) is 15.1. The molecular weight excluding hydrogens is 550 g/mol. The van der Waals surface area contributed by atoms with Gasteiger partial charge in [-0.05, 0) is 49.7 Å². The lowest BCUT2D eigenvalue weighted by Crippen LogP contribution is -2.53. The summed E-state index contributed by atoms with van der Waals surface area (Å²) in [6, 6.07) is 9.67. The molecule has 1 aliphatic carbocycles. The smallest absolute Gasteiger partial charge is 0.407 e. The monoisotopic (exact) mass is 597 g/mol. The topological polar surface area (TPSA) is 145 Å². The first-order chi connectivity index (χ1) is 20.9. The minimum absolute atomic E-state index is 0.0974. The van der Waals surface area contributed by atoms with Gasteiger partial charge in [0.2, 0.25) is 0 Å². The molecule has 1 unspecified atom stereocenters. The third kappa shape index (κ3) is 8.33. The number of carbonyl (C=O) groups excluding carboxylic acids is 1. The Morgan fingerprint density at radius 3 is 2.42 bits per heavy atom. The lowest BCUT2D eigenvalue weighted by Gasteiger charge is -2.36. The molecule has 3 fully saturated rings. The highest BCUT2D eigenvalue weighted by Gasteiger charge is 2.28. The van der Waals surface area contributed by atoms with Gasteiger partial charge in [0.15, 0.2) is 0 Å². The number of carbonyl (C=O) groups is 2. The van der Waals surface area contributed by atoms with E-state index in [4.69, 9.17) is 4.98 Å². The third-order valence-electron chi connectivity index (χ3n) is 9.28. The molecule has 2 aromatic rings. The van der Waals surface area contributed by atoms with E-state index in [1.165, 1.54) is 4.90 Å². The molecule has 12 nitrogen and oxygen atoms in total. The van der Waals surface area contributed by atoms with E-state index in [0.717, 1.165) is 81.7 Å². The van der Waals surface area contributed by atoms with Crippen molar-refractivity contribution in [2.45, 2.75) is 31.9 Å². The number of aliphatic hydroxyl groups is 2. The Labute approximate surface area is 253 Å². The number of nitrogens with one attached hydrogen (secondary N) is 2. The normalized spacial score (nSPS) is 22.8. The molecule has 5 rings (SSSR count). The van der Waals surface area contributed by atoms with Crippen LogP contribution in [0.15, 0.2) is 30.3 Å². The quantitative estimate of drug-likeness (QED) is 0.255. The van der Waals surface area contributed by atoms with Crippen LogP contribution in [0.1, 0.15) is 36.0 Å². The number of anilines is 1. The highest BCUT2D eigenvalue weighted by Crippen LogP contribution is 2.30. The van der Waals surface area contributed by atoms with Crippen molar-refractivity contribution in [2.75, 3.05) is 90.0 Å². The number of fused-ring (bicyclic) bond motifs is 1. The van der Waals surface area contributed by atoms with Crippen molar-refractivity contribution >= 4 is 28.7 Å². The lowest BCUT2D eigenvalue weighted by molar-refractivity contribution is -0.0266.